The van der Waals surface area contributed by atoms with E-state index in [1.165, 1.54) is 27.4 Å². The summed E-state index contributed by atoms with van der Waals surface area (Å²) in [7, 11) is -3.79. The van der Waals surface area contributed by atoms with Crippen LogP contribution in [0.15, 0.2) is 23.1 Å². The molecule has 0 N–H and O–H groups in total. The summed E-state index contributed by atoms with van der Waals surface area (Å²) in [6, 6.07) is 5.85. The molecule has 22 heavy (non-hydrogen) atoms. The second kappa shape index (κ2) is 6.87. The maximum Gasteiger partial charge on any atom is 0.251 e. The normalized spacial score (nSPS) is 17.6. The topological polar surface area (TPSA) is 64.4 Å². The fraction of sp³-hybridized carbons (Fsp3) is 0.462. The molecular weight excluding hydrogens is 336 g/mol. The molecule has 0 spiro atoms. The number of sulfonamides is 1. The van der Waals surface area contributed by atoms with E-state index in [1.54, 1.807) is 0 Å². The van der Waals surface area contributed by atoms with E-state index < -0.39 is 16.4 Å². The monoisotopic (exact) mass is 349 g/mol. The third-order valence-corrected chi connectivity index (χ3v) is 5.79. The van der Waals surface area contributed by atoms with Crippen molar-refractivity contribution in [2.45, 2.75) is 11.3 Å². The van der Waals surface area contributed by atoms with E-state index in [0.29, 0.717) is 0 Å². The smallest absolute Gasteiger partial charge is 0.251 e. The molecule has 5 nitrogen and oxygen atoms in total. The van der Waals surface area contributed by atoms with Gasteiger partial charge in [-0.2, -0.15) is 9.57 Å². The molecule has 0 amide bonds. The Labute approximate surface area is 132 Å². The minimum Gasteiger partial charge on any atom is -0.295 e. The minimum absolute atomic E-state index is 0.0194. The third kappa shape index (κ3) is 3.73. The molecule has 0 aliphatic carbocycles. The van der Waals surface area contributed by atoms with Gasteiger partial charge >= 0.3 is 0 Å². The van der Waals surface area contributed by atoms with Crippen LogP contribution in [-0.2, 0) is 10.0 Å². The molecule has 1 fully saturated rings. The highest BCUT2D eigenvalue weighted by molar-refractivity contribution is 7.89. The third-order valence-electron chi connectivity index (χ3n) is 3.41. The fourth-order valence-electron chi connectivity index (χ4n) is 2.27. The number of piperazine rings is 1. The number of nitriles is 1. The number of rotatable bonds is 4. The van der Waals surface area contributed by atoms with Gasteiger partial charge in [0, 0.05) is 26.2 Å². The van der Waals surface area contributed by atoms with E-state index in [1.807, 2.05) is 6.07 Å². The second-order valence-electron chi connectivity index (χ2n) is 4.85. The molecule has 1 saturated heterocycles. The Morgan fingerprint density at radius 2 is 1.91 bits per heavy atom. The summed E-state index contributed by atoms with van der Waals surface area (Å²) >= 11 is 5.94. The Hall–Kier alpha value is -1.27. The molecule has 0 bridgehead atoms. The van der Waals surface area contributed by atoms with Gasteiger partial charge in [-0.05, 0) is 18.2 Å². The fourth-order valence-corrected chi connectivity index (χ4v) is 4.21. The number of hydrogen-bond donors (Lipinski definition) is 0. The minimum atomic E-state index is -3.79. The van der Waals surface area contributed by atoms with E-state index in [9.17, 15) is 17.2 Å². The quantitative estimate of drug-likeness (QED) is 0.831. The average molecular weight is 350 g/mol. The Morgan fingerprint density at radius 1 is 1.27 bits per heavy atom. The highest BCUT2D eigenvalue weighted by Crippen LogP contribution is 2.26. The van der Waals surface area contributed by atoms with Crippen molar-refractivity contribution < 1.29 is 17.2 Å². The van der Waals surface area contributed by atoms with E-state index in [0.717, 1.165) is 0 Å². The first kappa shape index (κ1) is 17.1. The van der Waals surface area contributed by atoms with Gasteiger partial charge in [0.1, 0.15) is 4.90 Å². The number of nitrogens with zero attached hydrogens (tertiary/aromatic N) is 3. The summed E-state index contributed by atoms with van der Waals surface area (Å²) in [4.78, 5) is 1.45. The molecule has 120 valence electrons. The number of alkyl halides is 2. The summed E-state index contributed by atoms with van der Waals surface area (Å²) in [6.45, 7) is 0.400. The van der Waals surface area contributed by atoms with Crippen LogP contribution in [0.4, 0.5) is 8.78 Å². The van der Waals surface area contributed by atoms with Crippen LogP contribution in [0.3, 0.4) is 0 Å². The van der Waals surface area contributed by atoms with Gasteiger partial charge in [-0.15, -0.1) is 0 Å². The summed E-state index contributed by atoms with van der Waals surface area (Å²) in [5, 5.41) is 8.75. The van der Waals surface area contributed by atoms with Crippen molar-refractivity contribution in [3.8, 4) is 6.07 Å². The van der Waals surface area contributed by atoms with Crippen LogP contribution in [0, 0.1) is 11.3 Å². The van der Waals surface area contributed by atoms with Crippen LogP contribution in [0.1, 0.15) is 5.56 Å². The first-order valence-electron chi connectivity index (χ1n) is 6.55. The Morgan fingerprint density at radius 3 is 2.41 bits per heavy atom. The maximum atomic E-state index is 12.5. The zero-order chi connectivity index (χ0) is 16.3. The standard InChI is InChI=1S/C13H14ClF2N3O2S/c14-11-7-10(8-17)1-2-12(11)22(20,21)19-5-3-18(4-6-19)9-13(15)16/h1-2,7,13H,3-6,9H2. The lowest BCUT2D eigenvalue weighted by Crippen LogP contribution is -2.49. The van der Waals surface area contributed by atoms with Crippen LogP contribution in [0.25, 0.3) is 0 Å². The van der Waals surface area contributed by atoms with E-state index in [4.69, 9.17) is 16.9 Å². The van der Waals surface area contributed by atoms with Crippen LogP contribution < -0.4 is 0 Å². The lowest BCUT2D eigenvalue weighted by molar-refractivity contribution is 0.0716. The number of halogens is 3. The molecule has 2 rings (SSSR count). The van der Waals surface area contributed by atoms with Crippen molar-refractivity contribution in [1.29, 1.82) is 5.26 Å². The van der Waals surface area contributed by atoms with Gasteiger partial charge in [0.25, 0.3) is 6.43 Å². The Bertz CT molecular complexity index is 683. The van der Waals surface area contributed by atoms with E-state index in [-0.39, 0.29) is 48.2 Å². The molecular formula is C13H14ClF2N3O2S. The largest absolute Gasteiger partial charge is 0.295 e. The zero-order valence-corrected chi connectivity index (χ0v) is 13.1. The molecule has 0 atom stereocenters. The molecule has 1 aromatic carbocycles. The van der Waals surface area contributed by atoms with Gasteiger partial charge in [-0.3, -0.25) is 4.90 Å². The maximum absolute atomic E-state index is 12.5. The highest BCUT2D eigenvalue weighted by atomic mass is 35.5. The first-order valence-corrected chi connectivity index (χ1v) is 8.36. The van der Waals surface area contributed by atoms with Crippen LogP contribution in [-0.4, -0.2) is 56.8 Å². The van der Waals surface area contributed by atoms with Crippen molar-refractivity contribution in [2.75, 3.05) is 32.7 Å². The first-order chi connectivity index (χ1) is 10.3. The van der Waals surface area contributed by atoms with Crippen LogP contribution in [0.5, 0.6) is 0 Å². The zero-order valence-electron chi connectivity index (χ0n) is 11.5. The summed E-state index contributed by atoms with van der Waals surface area (Å²) in [5.74, 6) is 0. The predicted molar refractivity (Wildman–Crippen MR) is 77.4 cm³/mol. The summed E-state index contributed by atoms with van der Waals surface area (Å²) in [6.07, 6.45) is -2.43. The Balaban J connectivity index is 2.14. The summed E-state index contributed by atoms with van der Waals surface area (Å²) < 4.78 is 50.9. The van der Waals surface area contributed by atoms with Gasteiger partial charge in [0.2, 0.25) is 10.0 Å². The lowest BCUT2D eigenvalue weighted by atomic mass is 10.2. The SMILES string of the molecule is N#Cc1ccc(S(=O)(=O)N2CCN(CC(F)F)CC2)c(Cl)c1. The van der Waals surface area contributed by atoms with Gasteiger partial charge in [-0.25, -0.2) is 17.2 Å². The van der Waals surface area contributed by atoms with Gasteiger partial charge in [0.05, 0.1) is 23.2 Å². The average Bonchev–Trinajstić information content (AvgIpc) is 2.46. The van der Waals surface area contributed by atoms with Gasteiger partial charge < -0.3 is 0 Å². The molecule has 0 aromatic heterocycles. The van der Waals surface area contributed by atoms with Crippen molar-refractivity contribution in [3.05, 3.63) is 28.8 Å². The molecule has 0 unspecified atom stereocenters. The van der Waals surface area contributed by atoms with Crippen molar-refractivity contribution in [3.63, 3.8) is 0 Å². The molecule has 0 saturated carbocycles. The number of hydrogen-bond acceptors (Lipinski definition) is 4. The van der Waals surface area contributed by atoms with Gasteiger partial charge in [0.15, 0.2) is 0 Å². The lowest BCUT2D eigenvalue weighted by Gasteiger charge is -2.33. The van der Waals surface area contributed by atoms with E-state index >= 15 is 0 Å². The van der Waals surface area contributed by atoms with Crippen molar-refractivity contribution in [2.24, 2.45) is 0 Å². The van der Waals surface area contributed by atoms with Crippen molar-refractivity contribution in [1.82, 2.24) is 9.21 Å². The predicted octanol–water partition coefficient (Wildman–Crippen LogP) is 1.78. The Kier molecular flexibility index (Phi) is 5.34. The van der Waals surface area contributed by atoms with E-state index in [2.05, 4.69) is 0 Å². The highest BCUT2D eigenvalue weighted by Gasteiger charge is 2.30. The van der Waals surface area contributed by atoms with Gasteiger partial charge in [-0.1, -0.05) is 11.6 Å². The number of benzene rings is 1. The molecule has 1 aliphatic heterocycles. The summed E-state index contributed by atoms with van der Waals surface area (Å²) in [5.41, 5.74) is 0.269. The molecule has 1 heterocycles. The van der Waals surface area contributed by atoms with Crippen LogP contribution in [0.2, 0.25) is 5.02 Å². The van der Waals surface area contributed by atoms with Crippen LogP contribution >= 0.6 is 11.6 Å². The molecule has 1 aromatic rings. The molecule has 9 heteroatoms. The molecule has 1 aliphatic rings. The van der Waals surface area contributed by atoms with Crippen molar-refractivity contribution >= 4 is 21.6 Å². The molecule has 0 radical (unpaired) electrons. The second-order valence-corrected chi connectivity index (χ2v) is 7.17.